The minimum Gasteiger partial charge on any atom is -0.493 e. The summed E-state index contributed by atoms with van der Waals surface area (Å²) in [5.41, 5.74) is 2.64. The van der Waals surface area contributed by atoms with Crippen molar-refractivity contribution in [3.8, 4) is 5.75 Å². The van der Waals surface area contributed by atoms with E-state index >= 15 is 0 Å². The molecule has 2 aliphatic rings. The van der Waals surface area contributed by atoms with Crippen LogP contribution in [0.15, 0.2) is 55.5 Å². The maximum absolute atomic E-state index is 12.9. The molecule has 6 rings (SSSR count). The zero-order chi connectivity index (χ0) is 26.4. The molecule has 39 heavy (non-hydrogen) atoms. The minimum absolute atomic E-state index is 0.0807. The van der Waals surface area contributed by atoms with E-state index in [1.807, 2.05) is 33.7 Å². The van der Waals surface area contributed by atoms with Crippen molar-refractivity contribution >= 4 is 28.4 Å². The average Bonchev–Trinajstić information content (AvgIpc) is 3.71. The van der Waals surface area contributed by atoms with Crippen LogP contribution < -0.4 is 15.0 Å². The minimum atomic E-state index is -0.0807. The monoisotopic (exact) mass is 527 g/mol. The van der Waals surface area contributed by atoms with E-state index in [2.05, 4.69) is 41.4 Å². The molecule has 1 N–H and O–H groups in total. The normalized spacial score (nSPS) is 16.1. The van der Waals surface area contributed by atoms with E-state index in [0.717, 1.165) is 72.7 Å². The number of hydrogen-bond donors (Lipinski definition) is 1. The first kappa shape index (κ1) is 25.0. The van der Waals surface area contributed by atoms with Crippen molar-refractivity contribution in [1.82, 2.24) is 34.6 Å². The summed E-state index contributed by atoms with van der Waals surface area (Å²) in [4.78, 5) is 30.7. The van der Waals surface area contributed by atoms with Crippen LogP contribution in [0.2, 0.25) is 0 Å². The van der Waals surface area contributed by atoms with Crippen LogP contribution in [0.25, 0.3) is 10.9 Å². The number of pyridine rings is 1. The Morgan fingerprint density at radius 1 is 0.974 bits per heavy atom. The molecule has 0 spiro atoms. The maximum atomic E-state index is 12.9. The van der Waals surface area contributed by atoms with Gasteiger partial charge in [-0.1, -0.05) is 0 Å². The van der Waals surface area contributed by atoms with E-state index in [0.29, 0.717) is 19.7 Å². The highest BCUT2D eigenvalue weighted by Crippen LogP contribution is 2.32. The first-order valence-electron chi connectivity index (χ1n) is 13.7. The number of carbonyl (C=O) groups excluding carboxylic acids is 1. The van der Waals surface area contributed by atoms with Crippen molar-refractivity contribution in [3.05, 3.63) is 61.2 Å². The molecule has 5 heterocycles. The van der Waals surface area contributed by atoms with Gasteiger partial charge in [-0.25, -0.2) is 19.7 Å². The van der Waals surface area contributed by atoms with E-state index in [4.69, 9.17) is 4.74 Å². The molecule has 11 heteroatoms. The fraction of sp³-hybridized carbons (Fsp3) is 0.429. The van der Waals surface area contributed by atoms with Crippen molar-refractivity contribution in [2.24, 2.45) is 0 Å². The van der Waals surface area contributed by atoms with Crippen LogP contribution in [-0.2, 0) is 6.54 Å². The molecule has 0 bridgehead atoms. The number of likely N-dealkylation sites (tertiary alicyclic amines) is 1. The number of carbonyl (C=O) groups is 1. The molecule has 2 aliphatic heterocycles. The highest BCUT2D eigenvalue weighted by molar-refractivity contribution is 5.89. The molecular formula is C28H33N9O2. The molecule has 0 atom stereocenters. The van der Waals surface area contributed by atoms with Crippen molar-refractivity contribution in [3.63, 3.8) is 0 Å². The lowest BCUT2D eigenvalue weighted by molar-refractivity contribution is 0.194. The predicted molar refractivity (Wildman–Crippen MR) is 148 cm³/mol. The standard InChI is InChI=1S/C28H33N9O2/c38-28(34-22-4-7-26(29-17-22)36-11-1-2-12-36)37-13-8-21(9-14-37)27-24-6-5-23(16-25(24)30-18-31-27)39-15-3-10-35-19-32-33-20-35/h4-7,16-21H,1-3,8-15H2,(H,34,38). The van der Waals surface area contributed by atoms with Gasteiger partial charge < -0.3 is 24.4 Å². The van der Waals surface area contributed by atoms with Gasteiger partial charge in [0.1, 0.15) is 30.5 Å². The molecule has 0 saturated carbocycles. The maximum Gasteiger partial charge on any atom is 0.321 e. The molecule has 0 unspecified atom stereocenters. The molecule has 11 nitrogen and oxygen atoms in total. The fourth-order valence-corrected chi connectivity index (χ4v) is 5.40. The molecular weight excluding hydrogens is 494 g/mol. The Balaban J connectivity index is 1.02. The van der Waals surface area contributed by atoms with Gasteiger partial charge in [0.25, 0.3) is 0 Å². The van der Waals surface area contributed by atoms with Gasteiger partial charge in [-0.3, -0.25) is 0 Å². The molecule has 0 radical (unpaired) electrons. The average molecular weight is 528 g/mol. The van der Waals surface area contributed by atoms with Gasteiger partial charge in [0.2, 0.25) is 0 Å². The number of aromatic nitrogens is 6. The third-order valence-corrected chi connectivity index (χ3v) is 7.53. The van der Waals surface area contributed by atoms with Gasteiger partial charge in [-0.15, -0.1) is 10.2 Å². The lowest BCUT2D eigenvalue weighted by atomic mass is 9.91. The number of anilines is 2. The Morgan fingerprint density at radius 2 is 1.79 bits per heavy atom. The second-order valence-corrected chi connectivity index (χ2v) is 10.1. The number of ether oxygens (including phenoxy) is 1. The van der Waals surface area contributed by atoms with E-state index in [9.17, 15) is 4.79 Å². The van der Waals surface area contributed by atoms with Crippen LogP contribution in [0.4, 0.5) is 16.3 Å². The van der Waals surface area contributed by atoms with Gasteiger partial charge in [0.05, 0.1) is 29.7 Å². The van der Waals surface area contributed by atoms with Crippen LogP contribution in [0.3, 0.4) is 0 Å². The molecule has 0 aliphatic carbocycles. The number of hydrogen-bond acceptors (Lipinski definition) is 8. The first-order chi connectivity index (χ1) is 19.2. The number of rotatable bonds is 8. The highest BCUT2D eigenvalue weighted by Gasteiger charge is 2.26. The smallest absolute Gasteiger partial charge is 0.321 e. The zero-order valence-electron chi connectivity index (χ0n) is 21.9. The quantitative estimate of drug-likeness (QED) is 0.341. The number of amides is 2. The summed E-state index contributed by atoms with van der Waals surface area (Å²) in [5.74, 6) is 2.05. The molecule has 202 valence electrons. The van der Waals surface area contributed by atoms with E-state index in [-0.39, 0.29) is 11.9 Å². The van der Waals surface area contributed by atoms with Gasteiger partial charge in [0, 0.05) is 50.1 Å². The highest BCUT2D eigenvalue weighted by atomic mass is 16.5. The Bertz CT molecular complexity index is 1380. The van der Waals surface area contributed by atoms with Crippen molar-refractivity contribution in [2.75, 3.05) is 43.0 Å². The second-order valence-electron chi connectivity index (χ2n) is 10.1. The topological polar surface area (TPSA) is 114 Å². The first-order valence-corrected chi connectivity index (χ1v) is 13.7. The molecule has 2 fully saturated rings. The van der Waals surface area contributed by atoms with Crippen LogP contribution in [0.5, 0.6) is 5.75 Å². The van der Waals surface area contributed by atoms with Gasteiger partial charge in [0.15, 0.2) is 0 Å². The number of aryl methyl sites for hydroxylation is 1. The SMILES string of the molecule is O=C(Nc1ccc(N2CCCC2)nc1)N1CCC(c2ncnc3cc(OCCCn4cnnc4)ccc23)CC1. The van der Waals surface area contributed by atoms with Crippen LogP contribution >= 0.6 is 0 Å². The Kier molecular flexibility index (Phi) is 7.46. The molecule has 3 aromatic heterocycles. The second kappa shape index (κ2) is 11.6. The summed E-state index contributed by atoms with van der Waals surface area (Å²) >= 11 is 0. The summed E-state index contributed by atoms with van der Waals surface area (Å²) < 4.78 is 7.88. The molecule has 1 aromatic carbocycles. The molecule has 2 saturated heterocycles. The van der Waals surface area contributed by atoms with Crippen molar-refractivity contribution in [2.45, 2.75) is 44.6 Å². The number of urea groups is 1. The van der Waals surface area contributed by atoms with E-state index in [1.165, 1.54) is 12.8 Å². The number of piperidine rings is 1. The molecule has 2 amide bonds. The Labute approximate surface area is 227 Å². The summed E-state index contributed by atoms with van der Waals surface area (Å²) in [7, 11) is 0. The lowest BCUT2D eigenvalue weighted by Crippen LogP contribution is -2.40. The zero-order valence-corrected chi connectivity index (χ0v) is 21.9. The fourth-order valence-electron chi connectivity index (χ4n) is 5.40. The van der Waals surface area contributed by atoms with Crippen molar-refractivity contribution < 1.29 is 9.53 Å². The number of benzene rings is 1. The Hall–Kier alpha value is -4.28. The van der Waals surface area contributed by atoms with Gasteiger partial charge in [-0.2, -0.15) is 0 Å². The largest absolute Gasteiger partial charge is 0.493 e. The predicted octanol–water partition coefficient (Wildman–Crippen LogP) is 4.10. The Morgan fingerprint density at radius 3 is 2.56 bits per heavy atom. The van der Waals surface area contributed by atoms with E-state index < -0.39 is 0 Å². The van der Waals surface area contributed by atoms with Gasteiger partial charge >= 0.3 is 6.03 Å². The van der Waals surface area contributed by atoms with Crippen molar-refractivity contribution in [1.29, 1.82) is 0 Å². The molecule has 4 aromatic rings. The lowest BCUT2D eigenvalue weighted by Gasteiger charge is -2.32. The van der Waals surface area contributed by atoms with E-state index in [1.54, 1.807) is 25.2 Å². The summed E-state index contributed by atoms with van der Waals surface area (Å²) in [5, 5.41) is 11.7. The number of fused-ring (bicyclic) bond motifs is 1. The summed E-state index contributed by atoms with van der Waals surface area (Å²) in [6.45, 7) is 4.86. The third kappa shape index (κ3) is 5.92. The van der Waals surface area contributed by atoms with Crippen LogP contribution in [0.1, 0.15) is 43.7 Å². The third-order valence-electron chi connectivity index (χ3n) is 7.53. The summed E-state index contributed by atoms with van der Waals surface area (Å²) in [6, 6.07) is 9.86. The number of nitrogens with one attached hydrogen (secondary N) is 1. The van der Waals surface area contributed by atoms with Crippen LogP contribution in [0, 0.1) is 0 Å². The summed E-state index contributed by atoms with van der Waals surface area (Å²) in [6.07, 6.45) is 11.8. The van der Waals surface area contributed by atoms with Gasteiger partial charge in [-0.05, 0) is 56.4 Å². The number of nitrogens with zero attached hydrogens (tertiary/aromatic N) is 8. The van der Waals surface area contributed by atoms with Crippen LogP contribution in [-0.4, -0.2) is 73.4 Å².